The average molecular weight is 384 g/mol. The third kappa shape index (κ3) is 2.23. The first kappa shape index (κ1) is 16.4. The molecule has 2 N–H and O–H groups in total. The summed E-state index contributed by atoms with van der Waals surface area (Å²) in [5.74, 6) is -0.0216. The fourth-order valence-corrected chi connectivity index (χ4v) is 4.97. The van der Waals surface area contributed by atoms with E-state index in [4.69, 9.17) is 0 Å². The van der Waals surface area contributed by atoms with Crippen LogP contribution in [0.2, 0.25) is 0 Å². The highest BCUT2D eigenvalue weighted by atomic mass is 16.2. The second-order valence-corrected chi connectivity index (χ2v) is 7.99. The maximum atomic E-state index is 13.1. The van der Waals surface area contributed by atoms with Crippen molar-refractivity contribution in [3.8, 4) is 0 Å². The van der Waals surface area contributed by atoms with Gasteiger partial charge in [-0.1, -0.05) is 36.4 Å². The normalized spacial score (nSPS) is 21.7. The van der Waals surface area contributed by atoms with Gasteiger partial charge in [0, 0.05) is 41.3 Å². The van der Waals surface area contributed by atoms with E-state index in [0.29, 0.717) is 6.42 Å². The zero-order valence-corrected chi connectivity index (χ0v) is 16.0. The smallest absolute Gasteiger partial charge is 0.245 e. The van der Waals surface area contributed by atoms with Crippen LogP contribution in [0, 0.1) is 0 Å². The number of H-pyrrole nitrogens is 2. The van der Waals surface area contributed by atoms with Crippen molar-refractivity contribution < 1.29 is 9.59 Å². The van der Waals surface area contributed by atoms with Crippen LogP contribution in [0.3, 0.4) is 0 Å². The van der Waals surface area contributed by atoms with Crippen LogP contribution in [0.4, 0.5) is 0 Å². The fourth-order valence-electron chi connectivity index (χ4n) is 4.97. The average Bonchev–Trinajstić information content (AvgIpc) is 3.31. The maximum absolute atomic E-state index is 13.1. The number of amides is 2. The number of nitrogens with one attached hydrogen (secondary N) is 2. The van der Waals surface area contributed by atoms with Crippen molar-refractivity contribution in [2.24, 2.45) is 0 Å². The Morgan fingerprint density at radius 2 is 1.72 bits per heavy atom. The third-order valence-corrected chi connectivity index (χ3v) is 6.30. The molecule has 0 radical (unpaired) electrons. The zero-order valence-electron chi connectivity index (χ0n) is 16.0. The molecule has 2 atom stereocenters. The number of aromatic amines is 2. The Bertz CT molecular complexity index is 1270. The first-order chi connectivity index (χ1) is 14.1. The Balaban J connectivity index is 1.62. The van der Waals surface area contributed by atoms with Crippen molar-refractivity contribution >= 4 is 33.6 Å². The highest BCUT2D eigenvalue weighted by Gasteiger charge is 2.47. The van der Waals surface area contributed by atoms with Gasteiger partial charge in [0.2, 0.25) is 11.8 Å². The minimum Gasteiger partial charge on any atom is -0.356 e. The maximum Gasteiger partial charge on any atom is 0.245 e. The summed E-state index contributed by atoms with van der Waals surface area (Å²) in [6, 6.07) is 17.5. The quantitative estimate of drug-likeness (QED) is 0.530. The van der Waals surface area contributed by atoms with Gasteiger partial charge in [0.05, 0.1) is 6.54 Å². The molecule has 6 nitrogen and oxygen atoms in total. The molecule has 1 saturated heterocycles. The molecule has 144 valence electrons. The lowest BCUT2D eigenvalue weighted by Gasteiger charge is -2.45. The topological polar surface area (TPSA) is 72.2 Å². The second-order valence-electron chi connectivity index (χ2n) is 7.99. The number of fused-ring (bicyclic) bond motifs is 5. The fraction of sp³-hybridized carbons (Fsp3) is 0.217. The number of nitrogens with zero attached hydrogens (tertiary/aromatic N) is 2. The molecule has 6 rings (SSSR count). The SMILES string of the molecule is CN1CC(=O)N2[C@H](c3cc4ccccc4[nH]3)c3[nH]c4ccccc4c3C[C@@H]2C1=O. The molecule has 2 aromatic carbocycles. The molecule has 29 heavy (non-hydrogen) atoms. The van der Waals surface area contributed by atoms with Crippen LogP contribution in [-0.2, 0) is 16.0 Å². The molecule has 1 fully saturated rings. The van der Waals surface area contributed by atoms with Crippen molar-refractivity contribution in [1.82, 2.24) is 19.8 Å². The van der Waals surface area contributed by atoms with E-state index in [0.717, 1.165) is 38.8 Å². The molecule has 0 bridgehead atoms. The summed E-state index contributed by atoms with van der Waals surface area (Å²) in [4.78, 5) is 36.5. The van der Waals surface area contributed by atoms with E-state index in [1.807, 2.05) is 36.4 Å². The summed E-state index contributed by atoms with van der Waals surface area (Å²) in [5, 5.41) is 2.21. The molecule has 2 aliphatic rings. The molecule has 2 amide bonds. The van der Waals surface area contributed by atoms with Crippen LogP contribution in [0.25, 0.3) is 21.8 Å². The van der Waals surface area contributed by atoms with Crippen LogP contribution >= 0.6 is 0 Å². The number of piperazine rings is 1. The van der Waals surface area contributed by atoms with E-state index in [9.17, 15) is 9.59 Å². The van der Waals surface area contributed by atoms with E-state index >= 15 is 0 Å². The van der Waals surface area contributed by atoms with Gasteiger partial charge in [-0.05, 0) is 29.1 Å². The molecule has 4 heterocycles. The molecule has 0 aliphatic carbocycles. The monoisotopic (exact) mass is 384 g/mol. The van der Waals surface area contributed by atoms with Crippen molar-refractivity contribution in [2.75, 3.05) is 13.6 Å². The first-order valence-corrected chi connectivity index (χ1v) is 9.85. The number of hydrogen-bond donors (Lipinski definition) is 2. The number of benzene rings is 2. The lowest BCUT2D eigenvalue weighted by molar-refractivity contribution is -0.157. The molecular formula is C23H20N4O2. The Hall–Kier alpha value is -3.54. The summed E-state index contributed by atoms with van der Waals surface area (Å²) < 4.78 is 0. The van der Waals surface area contributed by atoms with Gasteiger partial charge in [-0.3, -0.25) is 9.59 Å². The van der Waals surface area contributed by atoms with Gasteiger partial charge in [-0.25, -0.2) is 0 Å². The van der Waals surface area contributed by atoms with Gasteiger partial charge in [-0.15, -0.1) is 0 Å². The minimum atomic E-state index is -0.482. The molecule has 0 spiro atoms. The molecule has 4 aromatic rings. The van der Waals surface area contributed by atoms with Gasteiger partial charge in [0.15, 0.2) is 0 Å². The highest BCUT2D eigenvalue weighted by Crippen LogP contribution is 2.42. The largest absolute Gasteiger partial charge is 0.356 e. The molecule has 0 saturated carbocycles. The number of carbonyl (C=O) groups excluding carboxylic acids is 2. The summed E-state index contributed by atoms with van der Waals surface area (Å²) >= 11 is 0. The van der Waals surface area contributed by atoms with Gasteiger partial charge in [0.25, 0.3) is 0 Å². The van der Waals surface area contributed by atoms with E-state index in [-0.39, 0.29) is 24.4 Å². The number of hydrogen-bond acceptors (Lipinski definition) is 2. The number of aromatic nitrogens is 2. The van der Waals surface area contributed by atoms with Gasteiger partial charge >= 0.3 is 0 Å². The standard InChI is InChI=1S/C23H20N4O2/c1-26-12-20(28)27-19(23(26)29)11-15-14-7-3-5-9-17(14)25-21(15)22(27)18-10-13-6-2-4-8-16(13)24-18/h2-10,19,22,24-25H,11-12H2,1H3/t19-,22-/m1/s1. The van der Waals surface area contributed by atoms with E-state index in [1.165, 1.54) is 0 Å². The number of para-hydroxylation sites is 2. The van der Waals surface area contributed by atoms with Crippen LogP contribution < -0.4 is 0 Å². The summed E-state index contributed by atoms with van der Waals surface area (Å²) in [7, 11) is 1.71. The van der Waals surface area contributed by atoms with Crippen LogP contribution in [0.15, 0.2) is 54.6 Å². The van der Waals surface area contributed by atoms with Crippen LogP contribution in [0.1, 0.15) is 23.0 Å². The molecule has 0 unspecified atom stereocenters. The number of rotatable bonds is 1. The third-order valence-electron chi connectivity index (χ3n) is 6.30. The summed E-state index contributed by atoms with van der Waals surface area (Å²) in [6.45, 7) is 0.113. The predicted octanol–water partition coefficient (Wildman–Crippen LogP) is 2.96. The van der Waals surface area contributed by atoms with Gasteiger partial charge in [-0.2, -0.15) is 0 Å². The summed E-state index contributed by atoms with van der Waals surface area (Å²) in [5.41, 5.74) is 5.11. The second kappa shape index (κ2) is 5.73. The lowest BCUT2D eigenvalue weighted by Crippen LogP contribution is -2.62. The summed E-state index contributed by atoms with van der Waals surface area (Å²) in [6.07, 6.45) is 0.533. The van der Waals surface area contributed by atoms with Gasteiger partial charge < -0.3 is 19.8 Å². The molecular weight excluding hydrogens is 364 g/mol. The zero-order chi connectivity index (χ0) is 19.7. The Labute approximate surface area is 167 Å². The van der Waals surface area contributed by atoms with E-state index < -0.39 is 6.04 Å². The minimum absolute atomic E-state index is 0.00152. The van der Waals surface area contributed by atoms with E-state index in [2.05, 4.69) is 28.2 Å². The van der Waals surface area contributed by atoms with Crippen LogP contribution in [-0.4, -0.2) is 51.2 Å². The van der Waals surface area contributed by atoms with Crippen molar-refractivity contribution in [3.63, 3.8) is 0 Å². The molecule has 6 heteroatoms. The molecule has 2 aromatic heterocycles. The van der Waals surface area contributed by atoms with Crippen LogP contribution in [0.5, 0.6) is 0 Å². The van der Waals surface area contributed by atoms with E-state index in [1.54, 1.807) is 16.8 Å². The van der Waals surface area contributed by atoms with Gasteiger partial charge in [0.1, 0.15) is 12.1 Å². The Morgan fingerprint density at radius 1 is 0.966 bits per heavy atom. The lowest BCUT2D eigenvalue weighted by atomic mass is 9.88. The molecule has 2 aliphatic heterocycles. The number of likely N-dealkylation sites (N-methyl/N-ethyl adjacent to an activating group) is 1. The number of carbonyl (C=O) groups is 2. The Kier molecular flexibility index (Phi) is 3.25. The van der Waals surface area contributed by atoms with Crippen molar-refractivity contribution in [3.05, 3.63) is 71.5 Å². The predicted molar refractivity (Wildman–Crippen MR) is 110 cm³/mol. The van der Waals surface area contributed by atoms with Crippen molar-refractivity contribution in [2.45, 2.75) is 18.5 Å². The highest BCUT2D eigenvalue weighted by molar-refractivity contribution is 5.97. The van der Waals surface area contributed by atoms with Crippen molar-refractivity contribution in [1.29, 1.82) is 0 Å². The Morgan fingerprint density at radius 3 is 2.55 bits per heavy atom. The first-order valence-electron chi connectivity index (χ1n) is 9.85.